The van der Waals surface area contributed by atoms with E-state index >= 15 is 0 Å². The molecule has 2 aromatic rings. The summed E-state index contributed by atoms with van der Waals surface area (Å²) in [7, 11) is 0. The smallest absolute Gasteiger partial charge is 0.313 e. The topological polar surface area (TPSA) is 64.1 Å². The van der Waals surface area contributed by atoms with Crippen molar-refractivity contribution in [3.8, 4) is 0 Å². The SMILES string of the molecule is CCOC(=O)C1CCc2sc3ncnc(NC4CCCCC4)c3c21. The highest BCUT2D eigenvalue weighted by atomic mass is 32.1. The van der Waals surface area contributed by atoms with Gasteiger partial charge in [-0.3, -0.25) is 4.79 Å². The van der Waals surface area contributed by atoms with Gasteiger partial charge in [0, 0.05) is 10.9 Å². The fraction of sp³-hybridized carbons (Fsp3) is 0.611. The van der Waals surface area contributed by atoms with Gasteiger partial charge in [-0.1, -0.05) is 19.3 Å². The van der Waals surface area contributed by atoms with Gasteiger partial charge in [0.25, 0.3) is 0 Å². The summed E-state index contributed by atoms with van der Waals surface area (Å²) < 4.78 is 5.30. The van der Waals surface area contributed by atoms with Crippen LogP contribution < -0.4 is 5.32 Å². The van der Waals surface area contributed by atoms with Crippen LogP contribution in [0.15, 0.2) is 6.33 Å². The van der Waals surface area contributed by atoms with Crippen LogP contribution in [0.5, 0.6) is 0 Å². The highest BCUT2D eigenvalue weighted by molar-refractivity contribution is 7.19. The van der Waals surface area contributed by atoms with Crippen molar-refractivity contribution in [3.05, 3.63) is 16.8 Å². The maximum atomic E-state index is 12.4. The van der Waals surface area contributed by atoms with Crippen molar-refractivity contribution in [1.29, 1.82) is 0 Å². The number of ether oxygens (including phenoxy) is 1. The Hall–Kier alpha value is -1.69. The van der Waals surface area contributed by atoms with E-state index in [0.717, 1.165) is 34.4 Å². The second-order valence-electron chi connectivity index (χ2n) is 6.66. The molecule has 0 saturated heterocycles. The first kappa shape index (κ1) is 15.8. The maximum absolute atomic E-state index is 12.4. The Morgan fingerprint density at radius 2 is 2.12 bits per heavy atom. The van der Waals surface area contributed by atoms with Gasteiger partial charge in [-0.05, 0) is 38.2 Å². The van der Waals surface area contributed by atoms with Crippen LogP contribution in [0.3, 0.4) is 0 Å². The molecule has 2 aliphatic carbocycles. The number of rotatable bonds is 4. The predicted octanol–water partition coefficient (Wildman–Crippen LogP) is 4.03. The van der Waals surface area contributed by atoms with Crippen molar-refractivity contribution in [1.82, 2.24) is 9.97 Å². The largest absolute Gasteiger partial charge is 0.466 e. The molecule has 0 bridgehead atoms. The Balaban J connectivity index is 1.72. The number of nitrogens with zero attached hydrogens (tertiary/aromatic N) is 2. The number of hydrogen-bond donors (Lipinski definition) is 1. The van der Waals surface area contributed by atoms with Crippen LogP contribution >= 0.6 is 11.3 Å². The van der Waals surface area contributed by atoms with Crippen molar-refractivity contribution in [3.63, 3.8) is 0 Å². The van der Waals surface area contributed by atoms with Crippen molar-refractivity contribution < 1.29 is 9.53 Å². The van der Waals surface area contributed by atoms with Crippen LogP contribution in [0.2, 0.25) is 0 Å². The van der Waals surface area contributed by atoms with E-state index in [2.05, 4.69) is 15.3 Å². The molecule has 2 aliphatic rings. The van der Waals surface area contributed by atoms with Crippen LogP contribution in [0.4, 0.5) is 5.82 Å². The van der Waals surface area contributed by atoms with Gasteiger partial charge in [-0.15, -0.1) is 11.3 Å². The monoisotopic (exact) mass is 345 g/mol. The minimum Gasteiger partial charge on any atom is -0.466 e. The molecule has 0 amide bonds. The predicted molar refractivity (Wildman–Crippen MR) is 95.6 cm³/mol. The quantitative estimate of drug-likeness (QED) is 0.848. The zero-order valence-corrected chi connectivity index (χ0v) is 14.8. The minimum absolute atomic E-state index is 0.108. The molecule has 0 aliphatic heterocycles. The van der Waals surface area contributed by atoms with Gasteiger partial charge >= 0.3 is 5.97 Å². The number of carbonyl (C=O) groups excluding carboxylic acids is 1. The number of hydrogen-bond acceptors (Lipinski definition) is 6. The highest BCUT2D eigenvalue weighted by Crippen LogP contribution is 2.46. The van der Waals surface area contributed by atoms with Crippen molar-refractivity contribution >= 4 is 33.3 Å². The van der Waals surface area contributed by atoms with Crippen LogP contribution in [0.1, 0.15) is 61.8 Å². The summed E-state index contributed by atoms with van der Waals surface area (Å²) in [6, 6.07) is 0.481. The van der Waals surface area contributed by atoms with E-state index in [1.165, 1.54) is 37.0 Å². The summed E-state index contributed by atoms with van der Waals surface area (Å²) in [5.41, 5.74) is 1.12. The van der Waals surface area contributed by atoms with E-state index in [1.54, 1.807) is 17.7 Å². The zero-order valence-electron chi connectivity index (χ0n) is 14.0. The van der Waals surface area contributed by atoms with E-state index in [4.69, 9.17) is 4.74 Å². The van der Waals surface area contributed by atoms with Gasteiger partial charge in [-0.25, -0.2) is 9.97 Å². The molecule has 0 spiro atoms. The second-order valence-corrected chi connectivity index (χ2v) is 7.75. The lowest BCUT2D eigenvalue weighted by molar-refractivity contribution is -0.144. The lowest BCUT2D eigenvalue weighted by Crippen LogP contribution is -2.23. The maximum Gasteiger partial charge on any atom is 0.313 e. The van der Waals surface area contributed by atoms with Crippen LogP contribution in [-0.4, -0.2) is 28.6 Å². The minimum atomic E-state index is -0.161. The highest BCUT2D eigenvalue weighted by Gasteiger charge is 2.35. The summed E-state index contributed by atoms with van der Waals surface area (Å²) >= 11 is 1.70. The fourth-order valence-corrected chi connectivity index (χ4v) is 5.22. The van der Waals surface area contributed by atoms with Crippen molar-refractivity contribution in [2.45, 2.75) is 63.8 Å². The number of fused-ring (bicyclic) bond motifs is 3. The Labute approximate surface area is 145 Å². The molecule has 0 aromatic carbocycles. The van der Waals surface area contributed by atoms with Gasteiger partial charge in [-0.2, -0.15) is 0 Å². The third-order valence-corrected chi connectivity index (χ3v) is 6.30. The lowest BCUT2D eigenvalue weighted by atomic mass is 9.95. The first-order valence-corrected chi connectivity index (χ1v) is 9.79. The molecule has 1 unspecified atom stereocenters. The van der Waals surface area contributed by atoms with E-state index in [1.807, 2.05) is 6.92 Å². The molecule has 1 fully saturated rings. The summed E-state index contributed by atoms with van der Waals surface area (Å²) in [5.74, 6) is 0.635. The van der Waals surface area contributed by atoms with Gasteiger partial charge < -0.3 is 10.1 Å². The number of carbonyl (C=O) groups is 1. The molecule has 4 rings (SSSR count). The van der Waals surface area contributed by atoms with E-state index in [9.17, 15) is 4.79 Å². The lowest BCUT2D eigenvalue weighted by Gasteiger charge is -2.23. The van der Waals surface area contributed by atoms with Gasteiger partial charge in [0.1, 0.15) is 17.0 Å². The molecule has 2 aromatic heterocycles. The van der Waals surface area contributed by atoms with Crippen molar-refractivity contribution in [2.24, 2.45) is 0 Å². The summed E-state index contributed by atoms with van der Waals surface area (Å²) in [5, 5.41) is 4.69. The summed E-state index contributed by atoms with van der Waals surface area (Å²) in [6.07, 6.45) is 9.68. The van der Waals surface area contributed by atoms with E-state index in [0.29, 0.717) is 12.6 Å². The molecule has 6 heteroatoms. The number of thiophene rings is 1. The number of aromatic nitrogens is 2. The number of nitrogens with one attached hydrogen (secondary N) is 1. The molecule has 1 N–H and O–H groups in total. The molecule has 0 radical (unpaired) electrons. The Morgan fingerprint density at radius 1 is 1.29 bits per heavy atom. The Morgan fingerprint density at radius 3 is 2.92 bits per heavy atom. The van der Waals surface area contributed by atoms with E-state index in [-0.39, 0.29) is 11.9 Å². The molecular formula is C18H23N3O2S. The Kier molecular flexibility index (Phi) is 4.39. The van der Waals surface area contributed by atoms with Gasteiger partial charge in [0.2, 0.25) is 0 Å². The van der Waals surface area contributed by atoms with Crippen LogP contribution in [-0.2, 0) is 16.0 Å². The third-order valence-electron chi connectivity index (χ3n) is 5.13. The third kappa shape index (κ3) is 2.77. The second kappa shape index (κ2) is 6.67. The molecule has 5 nitrogen and oxygen atoms in total. The van der Waals surface area contributed by atoms with Gasteiger partial charge in [0.15, 0.2) is 0 Å². The van der Waals surface area contributed by atoms with Gasteiger partial charge in [0.05, 0.1) is 17.9 Å². The molecule has 128 valence electrons. The fourth-order valence-electron chi connectivity index (χ4n) is 4.00. The standard InChI is InChI=1S/C18H23N3O2S/c1-2-23-18(22)12-8-9-13-14(12)15-16(19-10-20-17(15)24-13)21-11-6-4-3-5-7-11/h10-12H,2-9H2,1H3,(H,19,20,21). The summed E-state index contributed by atoms with van der Waals surface area (Å²) in [6.45, 7) is 2.29. The van der Waals surface area contributed by atoms with Crippen LogP contribution in [0, 0.1) is 0 Å². The molecule has 24 heavy (non-hydrogen) atoms. The van der Waals surface area contributed by atoms with Crippen molar-refractivity contribution in [2.75, 3.05) is 11.9 Å². The number of esters is 1. The first-order chi connectivity index (χ1) is 11.8. The average molecular weight is 345 g/mol. The average Bonchev–Trinajstić information content (AvgIpc) is 3.15. The summed E-state index contributed by atoms with van der Waals surface area (Å²) in [4.78, 5) is 23.6. The molecular weight excluding hydrogens is 322 g/mol. The van der Waals surface area contributed by atoms with Crippen LogP contribution in [0.25, 0.3) is 10.2 Å². The number of aryl methyl sites for hydroxylation is 1. The zero-order chi connectivity index (χ0) is 16.5. The molecule has 2 heterocycles. The first-order valence-electron chi connectivity index (χ1n) is 8.97. The molecule has 1 saturated carbocycles. The Bertz CT molecular complexity index is 752. The normalized spacial score (nSPS) is 21.0. The molecule has 1 atom stereocenters. The van der Waals surface area contributed by atoms with E-state index < -0.39 is 0 Å². The number of anilines is 1.